The van der Waals surface area contributed by atoms with Gasteiger partial charge in [-0.05, 0) is 30.7 Å². The first-order valence-corrected chi connectivity index (χ1v) is 8.77. The molecule has 0 spiro atoms. The van der Waals surface area contributed by atoms with E-state index in [0.29, 0.717) is 11.8 Å². The van der Waals surface area contributed by atoms with E-state index in [4.69, 9.17) is 4.98 Å². The zero-order chi connectivity index (χ0) is 16.7. The van der Waals surface area contributed by atoms with Crippen molar-refractivity contribution in [3.63, 3.8) is 0 Å². The van der Waals surface area contributed by atoms with Gasteiger partial charge in [-0.3, -0.25) is 0 Å². The number of hydrogen-bond donors (Lipinski definition) is 0. The van der Waals surface area contributed by atoms with E-state index in [1.807, 2.05) is 16.8 Å². The Morgan fingerprint density at radius 2 is 1.75 bits per heavy atom. The van der Waals surface area contributed by atoms with Crippen LogP contribution in [0.5, 0.6) is 0 Å². The van der Waals surface area contributed by atoms with Gasteiger partial charge in [0.15, 0.2) is 5.65 Å². The van der Waals surface area contributed by atoms with Gasteiger partial charge >= 0.3 is 0 Å². The van der Waals surface area contributed by atoms with Gasteiger partial charge in [0.25, 0.3) is 0 Å². The highest BCUT2D eigenvalue weighted by Crippen LogP contribution is 2.30. The molecule has 0 unspecified atom stereocenters. The predicted octanol–water partition coefficient (Wildman–Crippen LogP) is 4.19. The van der Waals surface area contributed by atoms with Gasteiger partial charge in [0, 0.05) is 30.4 Å². The highest BCUT2D eigenvalue weighted by atomic mass is 15.3. The number of fused-ring (bicyclic) bond motifs is 1. The summed E-state index contributed by atoms with van der Waals surface area (Å²) >= 11 is 0. The molecule has 0 aliphatic carbocycles. The molecule has 0 saturated carbocycles. The molecule has 4 nitrogen and oxygen atoms in total. The molecule has 0 N–H and O–H groups in total. The average Bonchev–Trinajstić information content (AvgIpc) is 2.97. The molecule has 0 amide bonds. The summed E-state index contributed by atoms with van der Waals surface area (Å²) in [7, 11) is 0. The molecule has 2 aromatic heterocycles. The van der Waals surface area contributed by atoms with Crippen LogP contribution in [-0.4, -0.2) is 27.7 Å². The van der Waals surface area contributed by atoms with Crippen LogP contribution < -0.4 is 4.90 Å². The standard InChI is InChI=1S/C20H24N4/c1-14-9-15(2)13-23(12-14)19-10-16(3)22-20-18(11-21-24(19)20)17-7-5-4-6-8-17/h4-8,10-11,14-15H,9,12-13H2,1-3H3/t14-,15-/m0/s1. The molecule has 3 heterocycles. The van der Waals surface area contributed by atoms with Crippen molar-refractivity contribution in [2.45, 2.75) is 27.2 Å². The molecule has 1 saturated heterocycles. The van der Waals surface area contributed by atoms with Crippen LogP contribution >= 0.6 is 0 Å². The van der Waals surface area contributed by atoms with Crippen LogP contribution in [0.2, 0.25) is 0 Å². The SMILES string of the molecule is Cc1cc(N2C[C@@H](C)C[C@H](C)C2)n2ncc(-c3ccccc3)c2n1. The van der Waals surface area contributed by atoms with Gasteiger partial charge in [0.05, 0.1) is 6.20 Å². The third-order valence-electron chi connectivity index (χ3n) is 4.86. The van der Waals surface area contributed by atoms with Gasteiger partial charge < -0.3 is 4.90 Å². The molecule has 1 aromatic carbocycles. The highest BCUT2D eigenvalue weighted by molar-refractivity contribution is 5.78. The van der Waals surface area contributed by atoms with Crippen LogP contribution in [0.25, 0.3) is 16.8 Å². The van der Waals surface area contributed by atoms with Gasteiger partial charge in [-0.25, -0.2) is 4.98 Å². The normalized spacial score (nSPS) is 21.4. The monoisotopic (exact) mass is 320 g/mol. The maximum Gasteiger partial charge on any atom is 0.165 e. The zero-order valence-electron chi connectivity index (χ0n) is 14.6. The number of rotatable bonds is 2. The Morgan fingerprint density at radius 1 is 1.04 bits per heavy atom. The molecule has 4 rings (SSSR count). The van der Waals surface area contributed by atoms with Crippen molar-refractivity contribution in [3.05, 3.63) is 48.3 Å². The fraction of sp³-hybridized carbons (Fsp3) is 0.400. The van der Waals surface area contributed by atoms with Gasteiger partial charge in [-0.2, -0.15) is 9.61 Å². The first-order chi connectivity index (χ1) is 11.6. The van der Waals surface area contributed by atoms with E-state index in [-0.39, 0.29) is 0 Å². The lowest BCUT2D eigenvalue weighted by atomic mass is 9.92. The van der Waals surface area contributed by atoms with Crippen molar-refractivity contribution in [2.75, 3.05) is 18.0 Å². The minimum absolute atomic E-state index is 0.710. The summed E-state index contributed by atoms with van der Waals surface area (Å²) in [6, 6.07) is 12.6. The number of piperidine rings is 1. The van der Waals surface area contributed by atoms with E-state index in [9.17, 15) is 0 Å². The second-order valence-electron chi connectivity index (χ2n) is 7.27. The minimum atomic E-state index is 0.710. The summed E-state index contributed by atoms with van der Waals surface area (Å²) in [5.41, 5.74) is 4.25. The number of benzene rings is 1. The van der Waals surface area contributed by atoms with E-state index in [0.717, 1.165) is 41.4 Å². The average molecular weight is 320 g/mol. The Hall–Kier alpha value is -2.36. The van der Waals surface area contributed by atoms with Crippen molar-refractivity contribution in [2.24, 2.45) is 11.8 Å². The summed E-state index contributed by atoms with van der Waals surface area (Å²) in [6.45, 7) is 8.92. The number of anilines is 1. The topological polar surface area (TPSA) is 33.4 Å². The van der Waals surface area contributed by atoms with E-state index in [1.165, 1.54) is 6.42 Å². The van der Waals surface area contributed by atoms with Crippen LogP contribution in [0.3, 0.4) is 0 Å². The highest BCUT2D eigenvalue weighted by Gasteiger charge is 2.24. The van der Waals surface area contributed by atoms with E-state index in [1.54, 1.807) is 0 Å². The molecular weight excluding hydrogens is 296 g/mol. The van der Waals surface area contributed by atoms with E-state index < -0.39 is 0 Å². The lowest BCUT2D eigenvalue weighted by Gasteiger charge is -2.36. The Kier molecular flexibility index (Phi) is 3.75. The predicted molar refractivity (Wildman–Crippen MR) is 98.3 cm³/mol. The van der Waals surface area contributed by atoms with Crippen LogP contribution in [0.15, 0.2) is 42.6 Å². The summed E-state index contributed by atoms with van der Waals surface area (Å²) < 4.78 is 2.01. The maximum absolute atomic E-state index is 4.78. The van der Waals surface area contributed by atoms with Crippen molar-refractivity contribution >= 4 is 11.5 Å². The lowest BCUT2D eigenvalue weighted by Crippen LogP contribution is -2.39. The first-order valence-electron chi connectivity index (χ1n) is 8.77. The Morgan fingerprint density at radius 3 is 2.46 bits per heavy atom. The fourth-order valence-corrected chi connectivity index (χ4v) is 3.96. The smallest absolute Gasteiger partial charge is 0.165 e. The molecule has 124 valence electrons. The number of aryl methyl sites for hydroxylation is 1. The first kappa shape index (κ1) is 15.2. The van der Waals surface area contributed by atoms with Crippen molar-refractivity contribution < 1.29 is 0 Å². The molecular formula is C20H24N4. The van der Waals surface area contributed by atoms with Crippen LogP contribution in [0.1, 0.15) is 26.0 Å². The summed E-state index contributed by atoms with van der Waals surface area (Å²) in [6.07, 6.45) is 3.25. The van der Waals surface area contributed by atoms with Crippen LogP contribution in [0.4, 0.5) is 5.82 Å². The minimum Gasteiger partial charge on any atom is -0.356 e. The van der Waals surface area contributed by atoms with Crippen LogP contribution in [0, 0.1) is 18.8 Å². The quantitative estimate of drug-likeness (QED) is 0.710. The molecule has 3 aromatic rings. The molecule has 4 heteroatoms. The zero-order valence-corrected chi connectivity index (χ0v) is 14.6. The molecule has 0 bridgehead atoms. The fourth-order valence-electron chi connectivity index (χ4n) is 3.96. The van der Waals surface area contributed by atoms with E-state index in [2.05, 4.69) is 61.1 Å². The lowest BCUT2D eigenvalue weighted by molar-refractivity contribution is 0.354. The molecule has 1 fully saturated rings. The molecule has 24 heavy (non-hydrogen) atoms. The maximum atomic E-state index is 4.78. The van der Waals surface area contributed by atoms with Crippen molar-refractivity contribution in [3.8, 4) is 11.1 Å². The Balaban J connectivity index is 1.84. The molecule has 1 aliphatic heterocycles. The third kappa shape index (κ3) is 2.66. The Bertz CT molecular complexity index is 843. The second kappa shape index (κ2) is 5.93. The largest absolute Gasteiger partial charge is 0.356 e. The molecule has 0 radical (unpaired) electrons. The Labute approximate surface area is 143 Å². The van der Waals surface area contributed by atoms with Crippen LogP contribution in [-0.2, 0) is 0 Å². The van der Waals surface area contributed by atoms with Crippen molar-refractivity contribution in [1.82, 2.24) is 14.6 Å². The summed E-state index contributed by atoms with van der Waals surface area (Å²) in [5, 5.41) is 4.67. The number of aromatic nitrogens is 3. The van der Waals surface area contributed by atoms with Gasteiger partial charge in [0.1, 0.15) is 5.82 Å². The molecule has 1 aliphatic rings. The third-order valence-corrected chi connectivity index (χ3v) is 4.86. The summed E-state index contributed by atoms with van der Waals surface area (Å²) in [4.78, 5) is 7.25. The summed E-state index contributed by atoms with van der Waals surface area (Å²) in [5.74, 6) is 2.58. The van der Waals surface area contributed by atoms with Gasteiger partial charge in [0.2, 0.25) is 0 Å². The van der Waals surface area contributed by atoms with Gasteiger partial charge in [-0.1, -0.05) is 44.2 Å². The number of hydrogen-bond acceptors (Lipinski definition) is 3. The number of nitrogens with zero attached hydrogens (tertiary/aromatic N) is 4. The molecule has 2 atom stereocenters. The van der Waals surface area contributed by atoms with E-state index >= 15 is 0 Å². The second-order valence-corrected chi connectivity index (χ2v) is 7.27. The van der Waals surface area contributed by atoms with Gasteiger partial charge in [-0.15, -0.1) is 0 Å². The van der Waals surface area contributed by atoms with Crippen molar-refractivity contribution in [1.29, 1.82) is 0 Å².